The summed E-state index contributed by atoms with van der Waals surface area (Å²) in [5, 5.41) is 0. The molecule has 21 heavy (non-hydrogen) atoms. The topological polar surface area (TPSA) is 44.5 Å². The Kier molecular flexibility index (Phi) is 5.23. The van der Waals surface area contributed by atoms with Crippen LogP contribution in [0.5, 0.6) is 11.5 Å². The summed E-state index contributed by atoms with van der Waals surface area (Å²) in [6, 6.07) is 14.6. The lowest BCUT2D eigenvalue weighted by molar-refractivity contribution is 0.354. The molecule has 0 aliphatic rings. The molecule has 3 heteroatoms. The van der Waals surface area contributed by atoms with Crippen LogP contribution in [0.1, 0.15) is 22.6 Å². The molecule has 0 radical (unpaired) electrons. The molecular weight excluding hydrogens is 262 g/mol. The van der Waals surface area contributed by atoms with Gasteiger partial charge in [0.15, 0.2) is 11.5 Å². The summed E-state index contributed by atoms with van der Waals surface area (Å²) in [6.07, 6.45) is 0.889. The van der Waals surface area contributed by atoms with Crippen molar-refractivity contribution in [2.45, 2.75) is 19.3 Å². The molecule has 0 saturated heterocycles. The van der Waals surface area contributed by atoms with Gasteiger partial charge in [-0.05, 0) is 43.1 Å². The third-order valence-corrected chi connectivity index (χ3v) is 3.76. The third-order valence-electron chi connectivity index (χ3n) is 3.76. The first-order valence-electron chi connectivity index (χ1n) is 7.15. The van der Waals surface area contributed by atoms with Crippen molar-refractivity contribution in [1.82, 2.24) is 0 Å². The smallest absolute Gasteiger partial charge is 0.160 e. The van der Waals surface area contributed by atoms with Crippen LogP contribution >= 0.6 is 0 Å². The van der Waals surface area contributed by atoms with Crippen LogP contribution in [0.25, 0.3) is 0 Å². The average molecular weight is 285 g/mol. The zero-order valence-corrected chi connectivity index (χ0v) is 12.9. The summed E-state index contributed by atoms with van der Waals surface area (Å²) in [5.74, 6) is 1.82. The van der Waals surface area contributed by atoms with Gasteiger partial charge in [-0.3, -0.25) is 0 Å². The Morgan fingerprint density at radius 2 is 1.62 bits per heavy atom. The third kappa shape index (κ3) is 3.76. The number of methoxy groups -OCH3 is 2. The van der Waals surface area contributed by atoms with Gasteiger partial charge in [-0.25, -0.2) is 0 Å². The van der Waals surface area contributed by atoms with Crippen molar-refractivity contribution in [2.24, 2.45) is 5.73 Å². The quantitative estimate of drug-likeness (QED) is 0.885. The van der Waals surface area contributed by atoms with Crippen molar-refractivity contribution in [2.75, 3.05) is 20.8 Å². The van der Waals surface area contributed by atoms with E-state index in [1.807, 2.05) is 12.1 Å². The van der Waals surface area contributed by atoms with Crippen molar-refractivity contribution < 1.29 is 9.47 Å². The van der Waals surface area contributed by atoms with E-state index in [0.717, 1.165) is 17.9 Å². The highest BCUT2D eigenvalue weighted by Gasteiger charge is 2.12. The van der Waals surface area contributed by atoms with E-state index in [9.17, 15) is 0 Å². The van der Waals surface area contributed by atoms with Crippen LogP contribution in [-0.4, -0.2) is 20.8 Å². The fraction of sp³-hybridized carbons (Fsp3) is 0.333. The molecule has 3 nitrogen and oxygen atoms in total. The molecule has 0 bridgehead atoms. The van der Waals surface area contributed by atoms with E-state index in [-0.39, 0.29) is 0 Å². The van der Waals surface area contributed by atoms with E-state index in [2.05, 4.69) is 37.3 Å². The van der Waals surface area contributed by atoms with Crippen LogP contribution in [0.3, 0.4) is 0 Å². The summed E-state index contributed by atoms with van der Waals surface area (Å²) in [5.41, 5.74) is 9.70. The summed E-state index contributed by atoms with van der Waals surface area (Å²) in [7, 11) is 3.30. The Bertz CT molecular complexity index is 578. The van der Waals surface area contributed by atoms with Gasteiger partial charge < -0.3 is 15.2 Å². The minimum Gasteiger partial charge on any atom is -0.493 e. The second-order valence-electron chi connectivity index (χ2n) is 5.24. The molecule has 2 aromatic rings. The van der Waals surface area contributed by atoms with Gasteiger partial charge in [0.25, 0.3) is 0 Å². The zero-order valence-electron chi connectivity index (χ0n) is 12.9. The maximum atomic E-state index is 5.96. The molecule has 1 unspecified atom stereocenters. The highest BCUT2D eigenvalue weighted by molar-refractivity contribution is 5.43. The van der Waals surface area contributed by atoms with Gasteiger partial charge in [0.1, 0.15) is 0 Å². The largest absolute Gasteiger partial charge is 0.493 e. The van der Waals surface area contributed by atoms with E-state index >= 15 is 0 Å². The first-order valence-corrected chi connectivity index (χ1v) is 7.15. The monoisotopic (exact) mass is 285 g/mol. The summed E-state index contributed by atoms with van der Waals surface area (Å²) in [6.45, 7) is 2.72. The first-order chi connectivity index (χ1) is 10.2. The van der Waals surface area contributed by atoms with Crippen LogP contribution in [0.2, 0.25) is 0 Å². The maximum absolute atomic E-state index is 5.96. The number of hydrogen-bond donors (Lipinski definition) is 1. The van der Waals surface area contributed by atoms with Crippen molar-refractivity contribution in [3.05, 3.63) is 59.2 Å². The minimum absolute atomic E-state index is 0.309. The predicted molar refractivity (Wildman–Crippen MR) is 86.2 cm³/mol. The lowest BCUT2D eigenvalue weighted by Crippen LogP contribution is -2.15. The molecule has 0 aromatic heterocycles. The average Bonchev–Trinajstić information content (AvgIpc) is 2.53. The molecule has 2 rings (SSSR count). The van der Waals surface area contributed by atoms with Gasteiger partial charge in [0.05, 0.1) is 14.2 Å². The SMILES string of the molecule is COc1ccc(CC(CN)c2ccc(C)cc2)cc1OC. The Hall–Kier alpha value is -2.00. The fourth-order valence-electron chi connectivity index (χ4n) is 2.47. The highest BCUT2D eigenvalue weighted by Crippen LogP contribution is 2.30. The number of aryl methyl sites for hydroxylation is 1. The standard InChI is InChI=1S/C18H23NO2/c1-13-4-7-15(8-5-13)16(12-19)10-14-6-9-17(20-2)18(11-14)21-3/h4-9,11,16H,10,12,19H2,1-3H3. The molecule has 0 heterocycles. The lowest BCUT2D eigenvalue weighted by Gasteiger charge is -2.17. The number of hydrogen-bond acceptors (Lipinski definition) is 3. The van der Waals surface area contributed by atoms with E-state index in [0.29, 0.717) is 12.5 Å². The van der Waals surface area contributed by atoms with E-state index in [1.54, 1.807) is 14.2 Å². The van der Waals surface area contributed by atoms with Crippen LogP contribution in [0.4, 0.5) is 0 Å². The Labute approximate surface area is 126 Å². The summed E-state index contributed by atoms with van der Waals surface area (Å²) >= 11 is 0. The second kappa shape index (κ2) is 7.14. The molecule has 2 N–H and O–H groups in total. The molecule has 0 saturated carbocycles. The van der Waals surface area contributed by atoms with E-state index in [1.165, 1.54) is 16.7 Å². The Balaban J connectivity index is 2.20. The van der Waals surface area contributed by atoms with Crippen molar-refractivity contribution in [3.8, 4) is 11.5 Å². The zero-order chi connectivity index (χ0) is 15.2. The van der Waals surface area contributed by atoms with E-state index < -0.39 is 0 Å². The molecular formula is C18H23NO2. The van der Waals surface area contributed by atoms with Crippen LogP contribution in [-0.2, 0) is 6.42 Å². The Morgan fingerprint density at radius 1 is 0.952 bits per heavy atom. The molecule has 0 aliphatic heterocycles. The van der Waals surface area contributed by atoms with Crippen molar-refractivity contribution in [3.63, 3.8) is 0 Å². The molecule has 1 atom stereocenters. The minimum atomic E-state index is 0.309. The van der Waals surface area contributed by atoms with Gasteiger partial charge in [0, 0.05) is 5.92 Å². The highest BCUT2D eigenvalue weighted by atomic mass is 16.5. The van der Waals surface area contributed by atoms with Gasteiger partial charge in [-0.15, -0.1) is 0 Å². The first kappa shape index (κ1) is 15.4. The summed E-state index contributed by atoms with van der Waals surface area (Å²) < 4.78 is 10.6. The van der Waals surface area contributed by atoms with Crippen LogP contribution in [0.15, 0.2) is 42.5 Å². The Morgan fingerprint density at radius 3 is 2.19 bits per heavy atom. The predicted octanol–water partition coefficient (Wildman–Crippen LogP) is 3.30. The van der Waals surface area contributed by atoms with Crippen molar-refractivity contribution >= 4 is 0 Å². The number of ether oxygens (including phenoxy) is 2. The van der Waals surface area contributed by atoms with Crippen LogP contribution < -0.4 is 15.2 Å². The molecule has 0 aliphatic carbocycles. The maximum Gasteiger partial charge on any atom is 0.160 e. The van der Waals surface area contributed by atoms with E-state index in [4.69, 9.17) is 15.2 Å². The molecule has 0 spiro atoms. The molecule has 112 valence electrons. The van der Waals surface area contributed by atoms with Gasteiger partial charge in [-0.2, -0.15) is 0 Å². The van der Waals surface area contributed by atoms with Gasteiger partial charge >= 0.3 is 0 Å². The second-order valence-corrected chi connectivity index (χ2v) is 5.24. The molecule has 0 amide bonds. The van der Waals surface area contributed by atoms with Gasteiger partial charge in [0.2, 0.25) is 0 Å². The number of nitrogens with two attached hydrogens (primary N) is 1. The van der Waals surface area contributed by atoms with Crippen molar-refractivity contribution in [1.29, 1.82) is 0 Å². The normalized spacial score (nSPS) is 12.0. The number of benzene rings is 2. The lowest BCUT2D eigenvalue weighted by atomic mass is 9.91. The molecule has 2 aromatic carbocycles. The number of rotatable bonds is 6. The summed E-state index contributed by atoms with van der Waals surface area (Å²) in [4.78, 5) is 0. The molecule has 0 fully saturated rings. The van der Waals surface area contributed by atoms with Crippen LogP contribution in [0, 0.1) is 6.92 Å². The van der Waals surface area contributed by atoms with Gasteiger partial charge in [-0.1, -0.05) is 35.9 Å². The fourth-order valence-corrected chi connectivity index (χ4v) is 2.47.